The van der Waals surface area contributed by atoms with E-state index in [-0.39, 0.29) is 6.10 Å². The molecule has 0 aliphatic rings. The normalized spacial score (nSPS) is 12.6. The maximum atomic E-state index is 5.65. The van der Waals surface area contributed by atoms with Gasteiger partial charge in [-0.25, -0.2) is 0 Å². The van der Waals surface area contributed by atoms with Gasteiger partial charge in [-0.05, 0) is 24.6 Å². The zero-order valence-electron chi connectivity index (χ0n) is 11.0. The van der Waals surface area contributed by atoms with Gasteiger partial charge in [-0.1, -0.05) is 31.2 Å². The number of benzene rings is 1. The Morgan fingerprint density at radius 3 is 2.41 bits per heavy atom. The van der Waals surface area contributed by atoms with E-state index in [4.69, 9.17) is 9.47 Å². The van der Waals surface area contributed by atoms with Crippen molar-refractivity contribution in [3.63, 3.8) is 0 Å². The van der Waals surface area contributed by atoms with Crippen LogP contribution in [0.2, 0.25) is 0 Å². The predicted molar refractivity (Wildman–Crippen MR) is 69.9 cm³/mol. The molecule has 1 atom stereocenters. The Kier molecular flexibility index (Phi) is 6.86. The van der Waals surface area contributed by atoms with Gasteiger partial charge in [-0.2, -0.15) is 0 Å². The maximum Gasteiger partial charge on any atom is 0.0784 e. The van der Waals surface area contributed by atoms with Gasteiger partial charge >= 0.3 is 0 Å². The molecule has 0 spiro atoms. The summed E-state index contributed by atoms with van der Waals surface area (Å²) >= 11 is 0. The van der Waals surface area contributed by atoms with Crippen molar-refractivity contribution in [3.8, 4) is 0 Å². The van der Waals surface area contributed by atoms with Gasteiger partial charge in [0.05, 0.1) is 19.3 Å². The molecule has 1 aromatic rings. The Morgan fingerprint density at radius 2 is 1.82 bits per heavy atom. The van der Waals surface area contributed by atoms with Crippen LogP contribution in [0.5, 0.6) is 0 Å². The van der Waals surface area contributed by atoms with E-state index in [0.29, 0.717) is 13.2 Å². The lowest BCUT2D eigenvalue weighted by molar-refractivity contribution is -0.000129. The van der Waals surface area contributed by atoms with Crippen molar-refractivity contribution in [1.29, 1.82) is 0 Å². The van der Waals surface area contributed by atoms with Gasteiger partial charge in [0.15, 0.2) is 0 Å². The highest BCUT2D eigenvalue weighted by Gasteiger charge is 2.01. The van der Waals surface area contributed by atoms with Crippen molar-refractivity contribution in [2.75, 3.05) is 20.3 Å². The predicted octanol–water partition coefficient (Wildman–Crippen LogP) is 2.35. The van der Waals surface area contributed by atoms with Crippen LogP contribution in [0.4, 0.5) is 0 Å². The van der Waals surface area contributed by atoms with Crippen LogP contribution in [-0.4, -0.2) is 26.4 Å². The number of hydrogen-bond acceptors (Lipinski definition) is 3. The van der Waals surface area contributed by atoms with E-state index in [0.717, 1.165) is 13.1 Å². The molecule has 3 heteroatoms. The molecular formula is C14H23NO2. The largest absolute Gasteiger partial charge is 0.382 e. The Balaban J connectivity index is 2.34. The molecule has 0 heterocycles. The smallest absolute Gasteiger partial charge is 0.0784 e. The average molecular weight is 237 g/mol. The molecule has 1 aromatic carbocycles. The molecule has 0 aliphatic heterocycles. The summed E-state index contributed by atoms with van der Waals surface area (Å²) in [5.74, 6) is 0. The van der Waals surface area contributed by atoms with Crippen LogP contribution in [0, 0.1) is 0 Å². The molecule has 17 heavy (non-hydrogen) atoms. The van der Waals surface area contributed by atoms with Gasteiger partial charge in [0.2, 0.25) is 0 Å². The van der Waals surface area contributed by atoms with Crippen molar-refractivity contribution in [2.45, 2.75) is 33.1 Å². The van der Waals surface area contributed by atoms with Crippen LogP contribution in [0.3, 0.4) is 0 Å². The van der Waals surface area contributed by atoms with Crippen molar-refractivity contribution >= 4 is 0 Å². The summed E-state index contributed by atoms with van der Waals surface area (Å²) in [7, 11) is 1.69. The van der Waals surface area contributed by atoms with E-state index in [9.17, 15) is 0 Å². The highest BCUT2D eigenvalue weighted by atomic mass is 16.5. The molecule has 1 unspecified atom stereocenters. The van der Waals surface area contributed by atoms with Crippen LogP contribution >= 0.6 is 0 Å². The van der Waals surface area contributed by atoms with Gasteiger partial charge in [0, 0.05) is 13.7 Å². The van der Waals surface area contributed by atoms with Crippen molar-refractivity contribution in [3.05, 3.63) is 35.4 Å². The summed E-state index contributed by atoms with van der Waals surface area (Å²) in [5, 5.41) is 3.30. The molecule has 0 fully saturated rings. The van der Waals surface area contributed by atoms with Gasteiger partial charge in [-0.3, -0.25) is 0 Å². The number of hydrogen-bond donors (Lipinski definition) is 1. The molecule has 0 bridgehead atoms. The summed E-state index contributed by atoms with van der Waals surface area (Å²) in [4.78, 5) is 0. The van der Waals surface area contributed by atoms with Crippen LogP contribution in [0.1, 0.15) is 25.0 Å². The summed E-state index contributed by atoms with van der Waals surface area (Å²) in [6.07, 6.45) is 0.140. The molecule has 0 saturated carbocycles. The van der Waals surface area contributed by atoms with Crippen LogP contribution in [0.25, 0.3) is 0 Å². The minimum absolute atomic E-state index is 0.140. The SMILES string of the molecule is CCNCc1ccc(COC(C)COC)cc1. The second-order valence-electron chi connectivity index (χ2n) is 4.17. The van der Waals surface area contributed by atoms with E-state index >= 15 is 0 Å². The summed E-state index contributed by atoms with van der Waals surface area (Å²) in [6, 6.07) is 8.52. The first kappa shape index (κ1) is 14.2. The second-order valence-corrected chi connectivity index (χ2v) is 4.17. The maximum absolute atomic E-state index is 5.65. The third-order valence-corrected chi connectivity index (χ3v) is 2.54. The molecule has 1 N–H and O–H groups in total. The van der Waals surface area contributed by atoms with Crippen molar-refractivity contribution in [1.82, 2.24) is 5.32 Å². The minimum Gasteiger partial charge on any atom is -0.382 e. The third-order valence-electron chi connectivity index (χ3n) is 2.54. The second kappa shape index (κ2) is 8.23. The van der Waals surface area contributed by atoms with Crippen LogP contribution in [0.15, 0.2) is 24.3 Å². The van der Waals surface area contributed by atoms with Crippen LogP contribution in [-0.2, 0) is 22.6 Å². The van der Waals surface area contributed by atoms with Crippen LogP contribution < -0.4 is 5.32 Å². The number of rotatable bonds is 8. The molecule has 3 nitrogen and oxygen atoms in total. The van der Waals surface area contributed by atoms with Gasteiger partial charge in [0.25, 0.3) is 0 Å². The zero-order chi connectivity index (χ0) is 12.5. The summed E-state index contributed by atoms with van der Waals surface area (Å²) in [6.45, 7) is 7.34. The van der Waals surface area contributed by atoms with E-state index in [2.05, 4.69) is 36.5 Å². The molecule has 0 amide bonds. The Labute approximate surface area is 104 Å². The molecule has 96 valence electrons. The molecule has 0 aliphatic carbocycles. The first-order valence-electron chi connectivity index (χ1n) is 6.15. The first-order valence-corrected chi connectivity index (χ1v) is 6.15. The van der Waals surface area contributed by atoms with Gasteiger partial charge in [-0.15, -0.1) is 0 Å². The fourth-order valence-electron chi connectivity index (χ4n) is 1.54. The highest BCUT2D eigenvalue weighted by molar-refractivity contribution is 5.21. The van der Waals surface area contributed by atoms with Crippen molar-refractivity contribution in [2.24, 2.45) is 0 Å². The Morgan fingerprint density at radius 1 is 1.18 bits per heavy atom. The summed E-state index contributed by atoms with van der Waals surface area (Å²) < 4.78 is 10.7. The molecule has 0 aromatic heterocycles. The van der Waals surface area contributed by atoms with E-state index in [1.165, 1.54) is 11.1 Å². The first-order chi connectivity index (χ1) is 8.26. The standard InChI is InChI=1S/C14H23NO2/c1-4-15-9-13-5-7-14(8-6-13)11-17-12(2)10-16-3/h5-8,12,15H,4,9-11H2,1-3H3. The molecule has 0 radical (unpaired) electrons. The molecular weight excluding hydrogens is 214 g/mol. The lowest BCUT2D eigenvalue weighted by Gasteiger charge is -2.12. The number of nitrogens with one attached hydrogen (secondary N) is 1. The topological polar surface area (TPSA) is 30.5 Å². The molecule has 1 rings (SSSR count). The molecule has 0 saturated heterocycles. The van der Waals surface area contributed by atoms with E-state index in [1.54, 1.807) is 7.11 Å². The Hall–Kier alpha value is -0.900. The Bertz CT molecular complexity index is 298. The lowest BCUT2D eigenvalue weighted by atomic mass is 10.1. The lowest BCUT2D eigenvalue weighted by Crippen LogP contribution is -2.14. The summed E-state index contributed by atoms with van der Waals surface area (Å²) in [5.41, 5.74) is 2.51. The quantitative estimate of drug-likeness (QED) is 0.753. The number of ether oxygens (including phenoxy) is 2. The van der Waals surface area contributed by atoms with Crippen molar-refractivity contribution < 1.29 is 9.47 Å². The monoisotopic (exact) mass is 237 g/mol. The zero-order valence-corrected chi connectivity index (χ0v) is 11.0. The van der Waals surface area contributed by atoms with E-state index in [1.807, 2.05) is 6.92 Å². The highest BCUT2D eigenvalue weighted by Crippen LogP contribution is 2.07. The third kappa shape index (κ3) is 5.82. The number of methoxy groups -OCH3 is 1. The fraction of sp³-hybridized carbons (Fsp3) is 0.571. The minimum atomic E-state index is 0.140. The van der Waals surface area contributed by atoms with Gasteiger partial charge < -0.3 is 14.8 Å². The fourth-order valence-corrected chi connectivity index (χ4v) is 1.54. The average Bonchev–Trinajstić information content (AvgIpc) is 2.35. The van der Waals surface area contributed by atoms with E-state index < -0.39 is 0 Å². The van der Waals surface area contributed by atoms with Gasteiger partial charge in [0.1, 0.15) is 0 Å².